The highest BCUT2D eigenvalue weighted by Crippen LogP contribution is 2.25. The van der Waals surface area contributed by atoms with Crippen LogP contribution in [0, 0.1) is 17.8 Å². The van der Waals surface area contributed by atoms with E-state index in [4.69, 9.17) is 4.52 Å². The average molecular weight is 306 g/mol. The van der Waals surface area contributed by atoms with Crippen molar-refractivity contribution in [3.05, 3.63) is 12.2 Å². The molecule has 2 amide bonds. The molecule has 7 nitrogen and oxygen atoms in total. The fourth-order valence-corrected chi connectivity index (χ4v) is 3.40. The number of hydrogen-bond donors (Lipinski definition) is 1. The Kier molecular flexibility index (Phi) is 4.40. The SMILES string of the molecule is CC1CC(=O)NCC1C(=O)N1CCC(Cc2ncon2)CC1. The molecular weight excluding hydrogens is 284 g/mol. The van der Waals surface area contributed by atoms with Gasteiger partial charge in [0.25, 0.3) is 0 Å². The van der Waals surface area contributed by atoms with E-state index in [1.54, 1.807) is 0 Å². The highest BCUT2D eigenvalue weighted by molar-refractivity contribution is 5.84. The maximum Gasteiger partial charge on any atom is 0.227 e. The normalized spacial score (nSPS) is 26.8. The summed E-state index contributed by atoms with van der Waals surface area (Å²) < 4.78 is 4.76. The van der Waals surface area contributed by atoms with Gasteiger partial charge in [-0.3, -0.25) is 9.59 Å². The standard InChI is InChI=1S/C15H22N4O3/c1-10-6-14(20)16-8-12(10)15(21)19-4-2-11(3-5-19)7-13-17-9-22-18-13/h9-12H,2-8H2,1H3,(H,16,20). The second-order valence-electron chi connectivity index (χ2n) is 6.41. The minimum atomic E-state index is -0.0774. The number of amides is 2. The molecule has 1 N–H and O–H groups in total. The van der Waals surface area contributed by atoms with Crippen molar-refractivity contribution in [1.29, 1.82) is 0 Å². The molecule has 7 heteroatoms. The van der Waals surface area contributed by atoms with E-state index in [-0.39, 0.29) is 23.7 Å². The lowest BCUT2D eigenvalue weighted by Crippen LogP contribution is -2.50. The minimum Gasteiger partial charge on any atom is -0.355 e. The first-order valence-electron chi connectivity index (χ1n) is 7.94. The average Bonchev–Trinajstić information content (AvgIpc) is 3.00. The quantitative estimate of drug-likeness (QED) is 0.884. The molecule has 2 aliphatic heterocycles. The lowest BCUT2D eigenvalue weighted by molar-refractivity contribution is -0.141. The zero-order chi connectivity index (χ0) is 15.5. The summed E-state index contributed by atoms with van der Waals surface area (Å²) in [6, 6.07) is 0. The molecule has 2 unspecified atom stereocenters. The fourth-order valence-electron chi connectivity index (χ4n) is 3.40. The number of carbonyl (C=O) groups excluding carboxylic acids is 2. The molecule has 0 aliphatic carbocycles. The molecule has 0 saturated carbocycles. The Hall–Kier alpha value is -1.92. The highest BCUT2D eigenvalue weighted by Gasteiger charge is 2.35. The van der Waals surface area contributed by atoms with Gasteiger partial charge in [0.15, 0.2) is 5.82 Å². The summed E-state index contributed by atoms with van der Waals surface area (Å²) in [5.74, 6) is 1.53. The number of rotatable bonds is 3. The fraction of sp³-hybridized carbons (Fsp3) is 0.733. The van der Waals surface area contributed by atoms with Gasteiger partial charge in [-0.25, -0.2) is 0 Å². The van der Waals surface area contributed by atoms with Crippen molar-refractivity contribution >= 4 is 11.8 Å². The van der Waals surface area contributed by atoms with E-state index in [1.165, 1.54) is 6.39 Å². The maximum atomic E-state index is 12.6. The summed E-state index contributed by atoms with van der Waals surface area (Å²) in [7, 11) is 0. The predicted molar refractivity (Wildman–Crippen MR) is 77.6 cm³/mol. The number of carbonyl (C=O) groups is 2. The molecule has 22 heavy (non-hydrogen) atoms. The molecule has 3 rings (SSSR count). The lowest BCUT2D eigenvalue weighted by Gasteiger charge is -2.37. The van der Waals surface area contributed by atoms with Crippen molar-refractivity contribution in [2.75, 3.05) is 19.6 Å². The van der Waals surface area contributed by atoms with E-state index in [9.17, 15) is 9.59 Å². The number of hydrogen-bond acceptors (Lipinski definition) is 5. The van der Waals surface area contributed by atoms with Crippen LogP contribution in [0.15, 0.2) is 10.9 Å². The van der Waals surface area contributed by atoms with Crippen LogP contribution in [0.4, 0.5) is 0 Å². The monoisotopic (exact) mass is 306 g/mol. The summed E-state index contributed by atoms with van der Waals surface area (Å²) in [5.41, 5.74) is 0. The van der Waals surface area contributed by atoms with Crippen LogP contribution >= 0.6 is 0 Å². The van der Waals surface area contributed by atoms with Crippen molar-refractivity contribution < 1.29 is 14.1 Å². The zero-order valence-electron chi connectivity index (χ0n) is 12.8. The Morgan fingerprint density at radius 3 is 2.86 bits per heavy atom. The molecule has 0 bridgehead atoms. The van der Waals surface area contributed by atoms with Crippen LogP contribution < -0.4 is 5.32 Å². The van der Waals surface area contributed by atoms with Crippen LogP contribution in [-0.4, -0.2) is 46.5 Å². The first kappa shape index (κ1) is 15.0. The molecule has 0 spiro atoms. The molecule has 120 valence electrons. The summed E-state index contributed by atoms with van der Waals surface area (Å²) in [6.45, 7) is 4.02. The van der Waals surface area contributed by atoms with E-state index in [0.29, 0.717) is 18.9 Å². The third-order valence-corrected chi connectivity index (χ3v) is 4.83. The molecule has 3 heterocycles. The molecule has 2 atom stereocenters. The van der Waals surface area contributed by atoms with Gasteiger partial charge < -0.3 is 14.7 Å². The molecule has 2 saturated heterocycles. The van der Waals surface area contributed by atoms with Crippen LogP contribution in [0.2, 0.25) is 0 Å². The van der Waals surface area contributed by atoms with Gasteiger partial charge in [-0.05, 0) is 24.7 Å². The predicted octanol–water partition coefficient (Wildman–Crippen LogP) is 0.623. The minimum absolute atomic E-state index is 0.0513. The number of likely N-dealkylation sites (tertiary alicyclic amines) is 1. The number of aromatic nitrogens is 2. The third-order valence-electron chi connectivity index (χ3n) is 4.83. The molecule has 1 aromatic heterocycles. The highest BCUT2D eigenvalue weighted by atomic mass is 16.5. The molecule has 0 radical (unpaired) electrons. The van der Waals surface area contributed by atoms with Crippen molar-refractivity contribution in [2.24, 2.45) is 17.8 Å². The third kappa shape index (κ3) is 3.28. The van der Waals surface area contributed by atoms with Gasteiger partial charge in [0.1, 0.15) is 0 Å². The number of nitrogens with one attached hydrogen (secondary N) is 1. The van der Waals surface area contributed by atoms with Gasteiger partial charge in [-0.2, -0.15) is 4.98 Å². The Morgan fingerprint density at radius 1 is 1.45 bits per heavy atom. The van der Waals surface area contributed by atoms with E-state index >= 15 is 0 Å². The van der Waals surface area contributed by atoms with Crippen molar-refractivity contribution in [2.45, 2.75) is 32.6 Å². The topological polar surface area (TPSA) is 88.3 Å². The van der Waals surface area contributed by atoms with Gasteiger partial charge >= 0.3 is 0 Å². The summed E-state index contributed by atoms with van der Waals surface area (Å²) in [6.07, 6.45) is 4.55. The van der Waals surface area contributed by atoms with Crippen molar-refractivity contribution in [1.82, 2.24) is 20.4 Å². The number of piperidine rings is 2. The van der Waals surface area contributed by atoms with Crippen LogP contribution in [-0.2, 0) is 16.0 Å². The summed E-state index contributed by atoms with van der Waals surface area (Å²) in [5, 5.41) is 6.66. The van der Waals surface area contributed by atoms with Gasteiger partial charge in [-0.1, -0.05) is 12.1 Å². The first-order chi connectivity index (χ1) is 10.6. The van der Waals surface area contributed by atoms with Gasteiger partial charge in [0, 0.05) is 32.5 Å². The van der Waals surface area contributed by atoms with Gasteiger partial charge in [-0.15, -0.1) is 0 Å². The Balaban J connectivity index is 1.50. The molecule has 1 aromatic rings. The smallest absolute Gasteiger partial charge is 0.227 e. The number of nitrogens with zero attached hydrogens (tertiary/aromatic N) is 3. The molecular formula is C15H22N4O3. The van der Waals surface area contributed by atoms with Crippen LogP contribution in [0.25, 0.3) is 0 Å². The molecule has 0 aromatic carbocycles. The second-order valence-corrected chi connectivity index (χ2v) is 6.41. The van der Waals surface area contributed by atoms with E-state index < -0.39 is 0 Å². The zero-order valence-corrected chi connectivity index (χ0v) is 12.8. The molecule has 2 aliphatic rings. The van der Waals surface area contributed by atoms with E-state index in [2.05, 4.69) is 15.5 Å². The maximum absolute atomic E-state index is 12.6. The van der Waals surface area contributed by atoms with Crippen LogP contribution in [0.1, 0.15) is 32.0 Å². The Morgan fingerprint density at radius 2 is 2.23 bits per heavy atom. The van der Waals surface area contributed by atoms with E-state index in [0.717, 1.165) is 38.2 Å². The first-order valence-corrected chi connectivity index (χ1v) is 7.94. The largest absolute Gasteiger partial charge is 0.355 e. The second kappa shape index (κ2) is 6.46. The molecule has 2 fully saturated rings. The van der Waals surface area contributed by atoms with Gasteiger partial charge in [0.2, 0.25) is 18.2 Å². The van der Waals surface area contributed by atoms with Crippen molar-refractivity contribution in [3.8, 4) is 0 Å². The summed E-state index contributed by atoms with van der Waals surface area (Å²) in [4.78, 5) is 30.0. The van der Waals surface area contributed by atoms with Crippen LogP contribution in [0.5, 0.6) is 0 Å². The lowest BCUT2D eigenvalue weighted by atomic mass is 9.85. The Labute approximate surface area is 129 Å². The van der Waals surface area contributed by atoms with E-state index in [1.807, 2.05) is 11.8 Å². The van der Waals surface area contributed by atoms with Crippen LogP contribution in [0.3, 0.4) is 0 Å². The summed E-state index contributed by atoms with van der Waals surface area (Å²) >= 11 is 0. The van der Waals surface area contributed by atoms with Crippen molar-refractivity contribution in [3.63, 3.8) is 0 Å². The van der Waals surface area contributed by atoms with Gasteiger partial charge in [0.05, 0.1) is 5.92 Å². The Bertz CT molecular complexity index is 523.